The second-order valence-corrected chi connectivity index (χ2v) is 8.40. The maximum absolute atomic E-state index is 13.2. The van der Waals surface area contributed by atoms with Crippen molar-refractivity contribution in [2.24, 2.45) is 0 Å². The Kier molecular flexibility index (Phi) is 6.72. The highest BCUT2D eigenvalue weighted by atomic mass is 32.2. The fourth-order valence-electron chi connectivity index (χ4n) is 3.18. The normalized spacial score (nSPS) is 11.5. The lowest BCUT2D eigenvalue weighted by molar-refractivity contribution is -0.115. The van der Waals surface area contributed by atoms with Crippen LogP contribution in [-0.2, 0) is 4.79 Å². The van der Waals surface area contributed by atoms with Crippen molar-refractivity contribution in [3.63, 3.8) is 0 Å². The predicted molar refractivity (Wildman–Crippen MR) is 128 cm³/mol. The number of hydrogen-bond donors (Lipinski definition) is 2. The van der Waals surface area contributed by atoms with Crippen molar-refractivity contribution in [1.29, 1.82) is 0 Å². The minimum absolute atomic E-state index is 0.0954. The third kappa shape index (κ3) is 5.47. The highest BCUT2D eigenvalue weighted by Crippen LogP contribution is 2.36. The van der Waals surface area contributed by atoms with Crippen molar-refractivity contribution in [2.45, 2.75) is 17.1 Å². The van der Waals surface area contributed by atoms with Gasteiger partial charge in [0.1, 0.15) is 5.25 Å². The molecule has 0 aliphatic carbocycles. The summed E-state index contributed by atoms with van der Waals surface area (Å²) in [7, 11) is 0. The van der Waals surface area contributed by atoms with Crippen LogP contribution in [0.5, 0.6) is 0 Å². The molecule has 2 amide bonds. The van der Waals surface area contributed by atoms with E-state index >= 15 is 0 Å². The third-order valence-corrected chi connectivity index (χ3v) is 6.00. The molecule has 0 saturated heterocycles. The van der Waals surface area contributed by atoms with Gasteiger partial charge in [0.15, 0.2) is 5.76 Å². The summed E-state index contributed by atoms with van der Waals surface area (Å²) in [5.74, 6) is -0.155. The molecule has 5 nitrogen and oxygen atoms in total. The Hall–Kier alpha value is -3.77. The van der Waals surface area contributed by atoms with E-state index in [1.54, 1.807) is 12.1 Å². The summed E-state index contributed by atoms with van der Waals surface area (Å²) >= 11 is 1.46. The van der Waals surface area contributed by atoms with Gasteiger partial charge in [-0.15, -0.1) is 11.8 Å². The van der Waals surface area contributed by atoms with Crippen LogP contribution >= 0.6 is 11.8 Å². The van der Waals surface area contributed by atoms with Crippen molar-refractivity contribution >= 4 is 35.0 Å². The van der Waals surface area contributed by atoms with Crippen LogP contribution in [0.25, 0.3) is 0 Å². The molecular weight excluding hydrogens is 420 g/mol. The molecule has 0 fully saturated rings. The summed E-state index contributed by atoms with van der Waals surface area (Å²) in [4.78, 5) is 26.2. The smallest absolute Gasteiger partial charge is 0.291 e. The van der Waals surface area contributed by atoms with Crippen molar-refractivity contribution in [3.05, 3.63) is 114 Å². The lowest BCUT2D eigenvalue weighted by Gasteiger charge is -2.17. The largest absolute Gasteiger partial charge is 0.459 e. The Morgan fingerprint density at radius 3 is 2.28 bits per heavy atom. The molecule has 1 unspecified atom stereocenters. The fraction of sp³-hybridized carbons (Fsp3) is 0.0769. The Labute approximate surface area is 190 Å². The van der Waals surface area contributed by atoms with Gasteiger partial charge in [0, 0.05) is 16.3 Å². The van der Waals surface area contributed by atoms with E-state index in [0.717, 1.165) is 21.7 Å². The van der Waals surface area contributed by atoms with Crippen LogP contribution in [0.2, 0.25) is 0 Å². The average molecular weight is 443 g/mol. The minimum Gasteiger partial charge on any atom is -0.459 e. The molecular formula is C26H22N2O3S. The Bertz CT molecular complexity index is 1190. The van der Waals surface area contributed by atoms with Crippen LogP contribution in [0.15, 0.2) is 107 Å². The second kappa shape index (κ2) is 10.0. The molecule has 0 radical (unpaired) electrons. The predicted octanol–water partition coefficient (Wildman–Crippen LogP) is 6.31. The van der Waals surface area contributed by atoms with Gasteiger partial charge >= 0.3 is 0 Å². The fourth-order valence-corrected chi connectivity index (χ4v) is 4.21. The Morgan fingerprint density at radius 1 is 0.812 bits per heavy atom. The summed E-state index contributed by atoms with van der Waals surface area (Å²) in [6.07, 6.45) is 1.46. The van der Waals surface area contributed by atoms with E-state index in [9.17, 15) is 9.59 Å². The summed E-state index contributed by atoms with van der Waals surface area (Å²) in [6, 6.07) is 28.1. The Morgan fingerprint density at radius 2 is 1.59 bits per heavy atom. The molecule has 1 aromatic heterocycles. The molecule has 1 atom stereocenters. The molecule has 0 aliphatic rings. The van der Waals surface area contributed by atoms with E-state index in [1.807, 2.05) is 85.8 Å². The number of carbonyl (C=O) groups excluding carboxylic acids is 2. The topological polar surface area (TPSA) is 71.3 Å². The van der Waals surface area contributed by atoms with E-state index in [0.29, 0.717) is 5.69 Å². The van der Waals surface area contributed by atoms with Gasteiger partial charge in [-0.25, -0.2) is 0 Å². The zero-order chi connectivity index (χ0) is 22.3. The number of aryl methyl sites for hydroxylation is 1. The van der Waals surface area contributed by atoms with Crippen molar-refractivity contribution in [3.8, 4) is 0 Å². The van der Waals surface area contributed by atoms with Gasteiger partial charge in [0.05, 0.1) is 6.26 Å². The number of benzene rings is 3. The summed E-state index contributed by atoms with van der Waals surface area (Å²) in [5, 5.41) is 5.39. The van der Waals surface area contributed by atoms with E-state index in [-0.39, 0.29) is 17.6 Å². The number of nitrogens with one attached hydrogen (secondary N) is 2. The van der Waals surface area contributed by atoms with E-state index in [4.69, 9.17) is 4.42 Å². The molecule has 1 heterocycles. The molecule has 32 heavy (non-hydrogen) atoms. The van der Waals surface area contributed by atoms with Gasteiger partial charge in [0.25, 0.3) is 5.91 Å². The molecule has 6 heteroatoms. The first kappa shape index (κ1) is 21.5. The summed E-state index contributed by atoms with van der Waals surface area (Å²) < 4.78 is 5.11. The minimum atomic E-state index is -0.430. The van der Waals surface area contributed by atoms with Crippen LogP contribution in [0.3, 0.4) is 0 Å². The van der Waals surface area contributed by atoms with Crippen LogP contribution in [0, 0.1) is 6.92 Å². The zero-order valence-corrected chi connectivity index (χ0v) is 18.3. The molecule has 4 aromatic rings. The molecule has 0 spiro atoms. The maximum atomic E-state index is 13.2. The highest BCUT2D eigenvalue weighted by Gasteiger charge is 2.22. The number of hydrogen-bond acceptors (Lipinski definition) is 4. The van der Waals surface area contributed by atoms with Gasteiger partial charge in [-0.3, -0.25) is 9.59 Å². The zero-order valence-electron chi connectivity index (χ0n) is 17.4. The van der Waals surface area contributed by atoms with Crippen LogP contribution < -0.4 is 10.6 Å². The summed E-state index contributed by atoms with van der Waals surface area (Å²) in [5.41, 5.74) is 3.42. The Balaban J connectivity index is 1.49. The first-order chi connectivity index (χ1) is 15.6. The van der Waals surface area contributed by atoms with E-state index in [2.05, 4.69) is 10.6 Å². The summed E-state index contributed by atoms with van der Waals surface area (Å²) in [6.45, 7) is 1.99. The SMILES string of the molecule is Cc1cccc(NC(=O)C(Sc2ccc(NC(=O)c3ccco3)cc2)c2ccccc2)c1. The lowest BCUT2D eigenvalue weighted by Crippen LogP contribution is -2.19. The highest BCUT2D eigenvalue weighted by molar-refractivity contribution is 8.00. The van der Waals surface area contributed by atoms with Gasteiger partial charge in [-0.05, 0) is 66.6 Å². The first-order valence-corrected chi connectivity index (χ1v) is 11.0. The molecule has 160 valence electrons. The molecule has 0 saturated carbocycles. The number of carbonyl (C=O) groups is 2. The standard InChI is InChI=1S/C26H22N2O3S/c1-18-7-5-10-21(17-18)28-26(30)24(19-8-3-2-4-9-19)32-22-14-12-20(13-15-22)27-25(29)23-11-6-16-31-23/h2-17,24H,1H3,(H,27,29)(H,28,30). The van der Waals surface area contributed by atoms with Gasteiger partial charge in [-0.1, -0.05) is 42.5 Å². The van der Waals surface area contributed by atoms with Crippen LogP contribution in [0.1, 0.15) is 26.9 Å². The number of furan rings is 1. The number of rotatable bonds is 7. The molecule has 0 bridgehead atoms. The maximum Gasteiger partial charge on any atom is 0.291 e. The number of thioether (sulfide) groups is 1. The van der Waals surface area contributed by atoms with Crippen molar-refractivity contribution in [2.75, 3.05) is 10.6 Å². The number of anilines is 2. The number of amides is 2. The third-order valence-electron chi connectivity index (χ3n) is 4.74. The first-order valence-electron chi connectivity index (χ1n) is 10.1. The van der Waals surface area contributed by atoms with Crippen LogP contribution in [0.4, 0.5) is 11.4 Å². The van der Waals surface area contributed by atoms with Crippen molar-refractivity contribution in [1.82, 2.24) is 0 Å². The van der Waals surface area contributed by atoms with Crippen molar-refractivity contribution < 1.29 is 14.0 Å². The lowest BCUT2D eigenvalue weighted by atomic mass is 10.1. The molecule has 3 aromatic carbocycles. The van der Waals surface area contributed by atoms with Gasteiger partial charge < -0.3 is 15.1 Å². The van der Waals surface area contributed by atoms with Crippen LogP contribution in [-0.4, -0.2) is 11.8 Å². The van der Waals surface area contributed by atoms with Gasteiger partial charge in [-0.2, -0.15) is 0 Å². The molecule has 2 N–H and O–H groups in total. The van der Waals surface area contributed by atoms with E-state index < -0.39 is 5.25 Å². The van der Waals surface area contributed by atoms with Gasteiger partial charge in [0.2, 0.25) is 5.91 Å². The molecule has 4 rings (SSSR count). The van der Waals surface area contributed by atoms with E-state index in [1.165, 1.54) is 18.0 Å². The quantitative estimate of drug-likeness (QED) is 0.329. The second-order valence-electron chi connectivity index (χ2n) is 7.22. The monoisotopic (exact) mass is 442 g/mol. The molecule has 0 aliphatic heterocycles. The average Bonchev–Trinajstić information content (AvgIpc) is 3.34.